The minimum Gasteiger partial charge on any atom is -0.462 e. The summed E-state index contributed by atoms with van der Waals surface area (Å²) in [6.45, 7) is 4.32. The smallest absolute Gasteiger partial charge is 0.462 e. The van der Waals surface area contributed by atoms with Crippen molar-refractivity contribution in [3.05, 3.63) is 170 Å². The highest BCUT2D eigenvalue weighted by atomic mass is 31.2. The van der Waals surface area contributed by atoms with Crippen LogP contribution >= 0.6 is 15.6 Å². The van der Waals surface area contributed by atoms with Crippen molar-refractivity contribution in [2.45, 2.75) is 290 Å². The fourth-order valence-corrected chi connectivity index (χ4v) is 11.0. The van der Waals surface area contributed by atoms with Crippen LogP contribution in [0.1, 0.15) is 272 Å². The third-order valence-electron chi connectivity index (χ3n) is 15.1. The van der Waals surface area contributed by atoms with E-state index in [0.29, 0.717) is 25.7 Å². The molecule has 3 N–H and O–H groups in total. The van der Waals surface area contributed by atoms with E-state index in [4.69, 9.17) is 37.0 Å². The molecule has 578 valence electrons. The number of rotatable bonds is 70. The number of allylic oxidation sites excluding steroid dienone is 28. The first-order valence-corrected chi connectivity index (χ1v) is 41.4. The first-order chi connectivity index (χ1) is 49.7. The van der Waals surface area contributed by atoms with Gasteiger partial charge in [0.05, 0.1) is 26.4 Å². The van der Waals surface area contributed by atoms with Gasteiger partial charge in [-0.2, -0.15) is 0 Å². The molecule has 0 fully saturated rings. The largest absolute Gasteiger partial charge is 0.472 e. The van der Waals surface area contributed by atoms with Crippen LogP contribution in [-0.4, -0.2) is 96.7 Å². The summed E-state index contributed by atoms with van der Waals surface area (Å²) >= 11 is 0. The molecule has 0 aliphatic rings. The van der Waals surface area contributed by atoms with E-state index in [-0.39, 0.29) is 25.7 Å². The number of aliphatic hydroxyl groups excluding tert-OH is 1. The summed E-state index contributed by atoms with van der Waals surface area (Å²) in [6.07, 6.45) is 86.3. The highest BCUT2D eigenvalue weighted by molar-refractivity contribution is 7.47. The Hall–Kier alpha value is -5.58. The Labute approximate surface area is 616 Å². The van der Waals surface area contributed by atoms with E-state index in [2.05, 4.69) is 198 Å². The summed E-state index contributed by atoms with van der Waals surface area (Å²) in [4.78, 5) is 72.9. The molecule has 19 heteroatoms. The molecule has 0 radical (unpaired) electrons. The van der Waals surface area contributed by atoms with E-state index < -0.39 is 97.5 Å². The van der Waals surface area contributed by atoms with E-state index in [9.17, 15) is 43.2 Å². The topological polar surface area (TPSA) is 237 Å². The lowest BCUT2D eigenvalue weighted by molar-refractivity contribution is -0.161. The van der Waals surface area contributed by atoms with Crippen LogP contribution in [-0.2, 0) is 65.4 Å². The molecule has 5 atom stereocenters. The summed E-state index contributed by atoms with van der Waals surface area (Å²) in [6, 6.07) is 0. The zero-order valence-corrected chi connectivity index (χ0v) is 64.8. The van der Waals surface area contributed by atoms with Gasteiger partial charge in [0.15, 0.2) is 12.2 Å². The molecule has 0 bridgehead atoms. The number of phosphoric ester groups is 2. The van der Waals surface area contributed by atoms with Crippen LogP contribution in [0.15, 0.2) is 170 Å². The Bertz CT molecular complexity index is 2600. The number of carbonyl (C=O) groups excluding carboxylic acids is 4. The molecule has 0 heterocycles. The lowest BCUT2D eigenvalue weighted by atomic mass is 10.1. The molecule has 17 nitrogen and oxygen atoms in total. The van der Waals surface area contributed by atoms with Gasteiger partial charge in [0.1, 0.15) is 19.3 Å². The summed E-state index contributed by atoms with van der Waals surface area (Å²) in [5, 5.41) is 10.6. The number of hydrogen-bond acceptors (Lipinski definition) is 15. The first-order valence-electron chi connectivity index (χ1n) is 38.4. The lowest BCUT2D eigenvalue weighted by Gasteiger charge is -2.21. The molecular weight excluding hydrogens is 1330 g/mol. The second-order valence-corrected chi connectivity index (χ2v) is 27.7. The molecule has 0 saturated heterocycles. The molecule has 0 aromatic heterocycles. The number of hydrogen-bond donors (Lipinski definition) is 3. The Morgan fingerprint density at radius 2 is 0.510 bits per heavy atom. The zero-order chi connectivity index (χ0) is 74.6. The Morgan fingerprint density at radius 1 is 0.284 bits per heavy atom. The molecule has 0 aliphatic heterocycles. The van der Waals surface area contributed by atoms with E-state index >= 15 is 0 Å². The van der Waals surface area contributed by atoms with Gasteiger partial charge in [-0.3, -0.25) is 37.3 Å². The maximum Gasteiger partial charge on any atom is 0.472 e. The summed E-state index contributed by atoms with van der Waals surface area (Å²) < 4.78 is 68.4. The Morgan fingerprint density at radius 3 is 0.814 bits per heavy atom. The average molecular weight is 1470 g/mol. The summed E-state index contributed by atoms with van der Waals surface area (Å²) in [5.74, 6) is -2.31. The predicted molar refractivity (Wildman–Crippen MR) is 417 cm³/mol. The molecule has 0 rings (SSSR count). The number of ether oxygens (including phenoxy) is 4. The van der Waals surface area contributed by atoms with Crippen LogP contribution < -0.4 is 0 Å². The Balaban J connectivity index is 5.45. The third kappa shape index (κ3) is 72.8. The van der Waals surface area contributed by atoms with Crippen LogP contribution in [0.25, 0.3) is 0 Å². The molecular formula is C83H134O17P2. The maximum absolute atomic E-state index is 13.1. The summed E-state index contributed by atoms with van der Waals surface area (Å²) in [7, 11) is -10.00. The van der Waals surface area contributed by atoms with Gasteiger partial charge in [0, 0.05) is 25.7 Å². The molecule has 0 aliphatic carbocycles. The zero-order valence-electron chi connectivity index (χ0n) is 63.0. The van der Waals surface area contributed by atoms with Crippen molar-refractivity contribution in [1.29, 1.82) is 0 Å². The van der Waals surface area contributed by atoms with Gasteiger partial charge in [-0.1, -0.05) is 249 Å². The normalized spacial score (nSPS) is 14.9. The SMILES string of the molecule is CC/C=C\C/C=C\C/C=C\C/C=C\C/C=C\CCCCCC(=O)OCC(COP(=O)(O)OCC(O)COP(=O)(O)OCC(COC(=O)CCCC/C=C\C/C=C\C/C=C\C/C=C\CC)OC(=O)CCCCCCC/C=C\C/C=C\CCC)OC(=O)CCCCCCC/C=C\C/C=C\C/C=C\CC. The van der Waals surface area contributed by atoms with E-state index in [1.807, 2.05) is 0 Å². The van der Waals surface area contributed by atoms with Gasteiger partial charge in [-0.05, 0) is 167 Å². The second kappa shape index (κ2) is 73.7. The molecule has 102 heavy (non-hydrogen) atoms. The number of esters is 4. The molecule has 0 saturated carbocycles. The highest BCUT2D eigenvalue weighted by Crippen LogP contribution is 2.45. The predicted octanol–water partition coefficient (Wildman–Crippen LogP) is 22.2. The van der Waals surface area contributed by atoms with E-state index in [0.717, 1.165) is 193 Å². The van der Waals surface area contributed by atoms with Gasteiger partial charge < -0.3 is 33.8 Å². The van der Waals surface area contributed by atoms with Crippen molar-refractivity contribution >= 4 is 39.5 Å². The lowest BCUT2D eigenvalue weighted by Crippen LogP contribution is -2.30. The minimum absolute atomic E-state index is 0.0603. The van der Waals surface area contributed by atoms with Crippen molar-refractivity contribution in [3.63, 3.8) is 0 Å². The fraction of sp³-hybridized carbons (Fsp3) is 0.614. The van der Waals surface area contributed by atoms with Gasteiger partial charge in [0.2, 0.25) is 0 Å². The van der Waals surface area contributed by atoms with Crippen molar-refractivity contribution in [3.8, 4) is 0 Å². The summed E-state index contributed by atoms with van der Waals surface area (Å²) in [5.41, 5.74) is 0. The number of phosphoric acid groups is 2. The van der Waals surface area contributed by atoms with Crippen molar-refractivity contribution < 1.29 is 80.2 Å². The van der Waals surface area contributed by atoms with Crippen LogP contribution in [0.4, 0.5) is 0 Å². The molecule has 0 aromatic carbocycles. The van der Waals surface area contributed by atoms with Crippen molar-refractivity contribution in [2.75, 3.05) is 39.6 Å². The fourth-order valence-electron chi connectivity index (χ4n) is 9.41. The molecule has 0 amide bonds. The second-order valence-electron chi connectivity index (χ2n) is 24.8. The van der Waals surface area contributed by atoms with Crippen molar-refractivity contribution in [2.24, 2.45) is 0 Å². The van der Waals surface area contributed by atoms with E-state index in [1.54, 1.807) is 0 Å². The van der Waals surface area contributed by atoms with Gasteiger partial charge in [0.25, 0.3) is 0 Å². The Kier molecular flexibility index (Phi) is 69.7. The molecule has 5 unspecified atom stereocenters. The van der Waals surface area contributed by atoms with Gasteiger partial charge in [-0.15, -0.1) is 0 Å². The van der Waals surface area contributed by atoms with Crippen molar-refractivity contribution in [1.82, 2.24) is 0 Å². The first kappa shape index (κ1) is 96.4. The van der Waals surface area contributed by atoms with E-state index in [1.165, 1.54) is 0 Å². The minimum atomic E-state index is -5.00. The van der Waals surface area contributed by atoms with Crippen LogP contribution in [0.5, 0.6) is 0 Å². The number of carbonyl (C=O) groups is 4. The average Bonchev–Trinajstić information content (AvgIpc) is 0.924. The maximum atomic E-state index is 13.1. The third-order valence-corrected chi connectivity index (χ3v) is 17.0. The molecule has 0 aromatic rings. The monoisotopic (exact) mass is 1460 g/mol. The van der Waals surface area contributed by atoms with Crippen LogP contribution in [0.2, 0.25) is 0 Å². The quantitative estimate of drug-likeness (QED) is 0.0169. The van der Waals surface area contributed by atoms with Gasteiger partial charge in [-0.25, -0.2) is 9.13 Å². The number of unbranched alkanes of at least 4 members (excludes halogenated alkanes) is 16. The molecule has 0 spiro atoms. The highest BCUT2D eigenvalue weighted by Gasteiger charge is 2.30. The van der Waals surface area contributed by atoms with Gasteiger partial charge >= 0.3 is 39.5 Å². The van der Waals surface area contributed by atoms with Crippen LogP contribution in [0, 0.1) is 0 Å². The van der Waals surface area contributed by atoms with Crippen LogP contribution in [0.3, 0.4) is 0 Å². The standard InChI is InChI=1S/C83H134O17P2/c1-5-9-13-17-21-25-29-33-36-37-38-39-42-45-48-52-56-60-64-68-81(86)94-74-79(100-83(88)70-66-62-58-54-50-46-41-35-31-27-23-19-15-11-7-3)76-98-102(91,92)96-72-77(84)71-95-101(89,90)97-75-78(99-82(87)69-65-61-57-53-49-43-32-28-24-20-16-12-8-4)73-93-80(85)67-63-59-55-51-47-44-40-34-30-26-22-18-14-10-6-2/h9-11,13-16,20-23,25-28,32-36,38-41,45,47-48,51,77-79,84H,5-8,12,17-19,24,29-31,37,42-44,46,49-50,52-76H2,1-4H3,(H,89,90)(H,91,92)/b13-9-,14-10-,15-11-,20-16-,25-21-,26-22-,27-23-,32-28-,36-33-,39-38-,40-34-,41-35-,48-45-,51-47-. The number of aliphatic hydroxyl groups is 1.